The predicted octanol–water partition coefficient (Wildman–Crippen LogP) is 2.58. The van der Waals surface area contributed by atoms with E-state index in [0.29, 0.717) is 18.7 Å². The molecule has 1 aromatic rings. The number of nitrogens with one attached hydrogen (secondary N) is 1. The Morgan fingerprint density at radius 1 is 1.26 bits per heavy atom. The molecule has 0 aromatic heterocycles. The van der Waals surface area contributed by atoms with Crippen LogP contribution >= 0.6 is 0 Å². The van der Waals surface area contributed by atoms with Crippen LogP contribution in [-0.2, 0) is 11.3 Å². The maximum absolute atomic E-state index is 13.1. The van der Waals surface area contributed by atoms with Crippen LogP contribution in [0.1, 0.15) is 24.8 Å². The van der Waals surface area contributed by atoms with E-state index in [-0.39, 0.29) is 0 Å². The second kappa shape index (κ2) is 6.82. The first kappa shape index (κ1) is 14.2. The first-order valence-electron chi connectivity index (χ1n) is 6.62. The van der Waals surface area contributed by atoms with E-state index < -0.39 is 17.4 Å². The van der Waals surface area contributed by atoms with E-state index in [2.05, 4.69) is 5.32 Å². The molecule has 0 amide bonds. The molecule has 2 rings (SSSR count). The molecule has 2 N–H and O–H groups in total. The largest absolute Gasteiger partial charge is 0.503 e. The molecule has 0 radical (unpaired) electrons. The molecule has 0 bridgehead atoms. The molecule has 1 aromatic carbocycles. The van der Waals surface area contributed by atoms with Gasteiger partial charge in [0.15, 0.2) is 17.4 Å². The van der Waals surface area contributed by atoms with Crippen LogP contribution in [0.25, 0.3) is 0 Å². The lowest BCUT2D eigenvalue weighted by atomic mass is 10.2. The zero-order valence-corrected chi connectivity index (χ0v) is 10.8. The third-order valence-corrected chi connectivity index (χ3v) is 3.10. The number of halogens is 2. The number of aromatic hydroxyl groups is 1. The van der Waals surface area contributed by atoms with Gasteiger partial charge in [-0.3, -0.25) is 0 Å². The van der Waals surface area contributed by atoms with Crippen molar-refractivity contribution in [2.45, 2.75) is 25.8 Å². The SMILES string of the molecule is Oc1c(F)cc(CNCCCOCC2CC2)cc1F. The van der Waals surface area contributed by atoms with Crippen molar-refractivity contribution >= 4 is 0 Å². The summed E-state index contributed by atoms with van der Waals surface area (Å²) in [4.78, 5) is 0. The van der Waals surface area contributed by atoms with Crippen LogP contribution in [0.15, 0.2) is 12.1 Å². The lowest BCUT2D eigenvalue weighted by Crippen LogP contribution is -2.17. The van der Waals surface area contributed by atoms with Crippen molar-refractivity contribution in [2.24, 2.45) is 5.92 Å². The van der Waals surface area contributed by atoms with E-state index in [0.717, 1.165) is 37.6 Å². The first-order chi connectivity index (χ1) is 9.16. The van der Waals surface area contributed by atoms with Gasteiger partial charge in [-0.2, -0.15) is 0 Å². The fraction of sp³-hybridized carbons (Fsp3) is 0.571. The predicted molar refractivity (Wildman–Crippen MR) is 67.9 cm³/mol. The van der Waals surface area contributed by atoms with Gasteiger partial charge in [-0.25, -0.2) is 8.78 Å². The summed E-state index contributed by atoms with van der Waals surface area (Å²) < 4.78 is 31.6. The number of rotatable bonds is 8. The van der Waals surface area contributed by atoms with Crippen LogP contribution in [0.5, 0.6) is 5.75 Å². The maximum atomic E-state index is 13.1. The van der Waals surface area contributed by atoms with Crippen LogP contribution in [0, 0.1) is 17.6 Å². The number of hydrogen-bond acceptors (Lipinski definition) is 3. The molecular weight excluding hydrogens is 252 g/mol. The Morgan fingerprint density at radius 3 is 2.58 bits per heavy atom. The summed E-state index contributed by atoms with van der Waals surface area (Å²) >= 11 is 0. The topological polar surface area (TPSA) is 41.5 Å². The van der Waals surface area contributed by atoms with E-state index in [4.69, 9.17) is 9.84 Å². The molecule has 0 heterocycles. The van der Waals surface area contributed by atoms with Crippen molar-refractivity contribution in [1.29, 1.82) is 0 Å². The van der Waals surface area contributed by atoms with E-state index >= 15 is 0 Å². The molecule has 19 heavy (non-hydrogen) atoms. The molecule has 1 aliphatic rings. The minimum absolute atomic E-state index is 0.372. The molecule has 1 aliphatic carbocycles. The third-order valence-electron chi connectivity index (χ3n) is 3.10. The Morgan fingerprint density at radius 2 is 1.95 bits per heavy atom. The second-order valence-electron chi connectivity index (χ2n) is 4.96. The molecular formula is C14H19F2NO2. The van der Waals surface area contributed by atoms with Gasteiger partial charge in [0.05, 0.1) is 0 Å². The van der Waals surface area contributed by atoms with Crippen molar-refractivity contribution in [1.82, 2.24) is 5.32 Å². The van der Waals surface area contributed by atoms with Gasteiger partial charge in [-0.15, -0.1) is 0 Å². The molecule has 5 heteroatoms. The van der Waals surface area contributed by atoms with E-state index in [1.807, 2.05) is 0 Å². The minimum atomic E-state index is -0.926. The summed E-state index contributed by atoms with van der Waals surface area (Å²) in [5.74, 6) is -2.00. The maximum Gasteiger partial charge on any atom is 0.187 e. The number of benzene rings is 1. The van der Waals surface area contributed by atoms with Gasteiger partial charge in [0, 0.05) is 19.8 Å². The zero-order valence-electron chi connectivity index (χ0n) is 10.8. The van der Waals surface area contributed by atoms with Crippen LogP contribution in [0.2, 0.25) is 0 Å². The molecule has 1 saturated carbocycles. The van der Waals surface area contributed by atoms with E-state index in [1.165, 1.54) is 12.8 Å². The number of phenolic OH excluding ortho intramolecular Hbond substituents is 1. The standard InChI is InChI=1S/C14H19F2NO2/c15-12-6-11(7-13(16)14(12)18)8-17-4-1-5-19-9-10-2-3-10/h6-7,10,17-18H,1-5,8-9H2. The monoisotopic (exact) mass is 271 g/mol. The Labute approximate surface area is 111 Å². The molecule has 0 atom stereocenters. The molecule has 0 aliphatic heterocycles. The lowest BCUT2D eigenvalue weighted by Gasteiger charge is -2.07. The Hall–Kier alpha value is -1.20. The number of ether oxygens (including phenoxy) is 1. The van der Waals surface area contributed by atoms with Crippen molar-refractivity contribution in [3.63, 3.8) is 0 Å². The van der Waals surface area contributed by atoms with Crippen molar-refractivity contribution in [3.05, 3.63) is 29.3 Å². The van der Waals surface area contributed by atoms with Gasteiger partial charge >= 0.3 is 0 Å². The van der Waals surface area contributed by atoms with Crippen LogP contribution in [-0.4, -0.2) is 24.9 Å². The minimum Gasteiger partial charge on any atom is -0.503 e. The van der Waals surface area contributed by atoms with E-state index in [1.54, 1.807) is 0 Å². The summed E-state index contributed by atoms with van der Waals surface area (Å²) in [6.45, 7) is 2.67. The van der Waals surface area contributed by atoms with Crippen LogP contribution in [0.4, 0.5) is 8.78 Å². The normalized spacial score (nSPS) is 14.8. The van der Waals surface area contributed by atoms with Gasteiger partial charge in [-0.05, 0) is 49.4 Å². The summed E-state index contributed by atoms with van der Waals surface area (Å²) in [6.07, 6.45) is 3.45. The molecule has 0 spiro atoms. The highest BCUT2D eigenvalue weighted by atomic mass is 19.1. The molecule has 0 unspecified atom stereocenters. The van der Waals surface area contributed by atoms with Gasteiger partial charge in [-0.1, -0.05) is 0 Å². The van der Waals surface area contributed by atoms with Crippen molar-refractivity contribution < 1.29 is 18.6 Å². The highest BCUT2D eigenvalue weighted by Crippen LogP contribution is 2.28. The Kier molecular flexibility index (Phi) is 5.10. The lowest BCUT2D eigenvalue weighted by molar-refractivity contribution is 0.122. The average Bonchev–Trinajstić information content (AvgIpc) is 3.18. The Bertz CT molecular complexity index is 399. The average molecular weight is 271 g/mol. The summed E-state index contributed by atoms with van der Waals surface area (Å²) in [5, 5.41) is 12.0. The van der Waals surface area contributed by atoms with E-state index in [9.17, 15) is 8.78 Å². The second-order valence-corrected chi connectivity index (χ2v) is 4.96. The fourth-order valence-corrected chi connectivity index (χ4v) is 1.79. The van der Waals surface area contributed by atoms with Crippen LogP contribution in [0.3, 0.4) is 0 Å². The number of hydrogen-bond donors (Lipinski definition) is 2. The fourth-order valence-electron chi connectivity index (χ4n) is 1.79. The zero-order chi connectivity index (χ0) is 13.7. The highest BCUT2D eigenvalue weighted by molar-refractivity contribution is 5.29. The van der Waals surface area contributed by atoms with Crippen molar-refractivity contribution in [3.8, 4) is 5.75 Å². The smallest absolute Gasteiger partial charge is 0.187 e. The molecule has 106 valence electrons. The molecule has 0 saturated heterocycles. The molecule has 3 nitrogen and oxygen atoms in total. The summed E-state index contributed by atoms with van der Waals surface area (Å²) in [6, 6.07) is 2.27. The quantitative estimate of drug-likeness (QED) is 0.714. The first-order valence-corrected chi connectivity index (χ1v) is 6.62. The highest BCUT2D eigenvalue weighted by Gasteiger charge is 2.20. The van der Waals surface area contributed by atoms with Crippen LogP contribution < -0.4 is 5.32 Å². The van der Waals surface area contributed by atoms with Gasteiger partial charge < -0.3 is 15.2 Å². The van der Waals surface area contributed by atoms with Gasteiger partial charge in [0.25, 0.3) is 0 Å². The Balaban J connectivity index is 1.59. The van der Waals surface area contributed by atoms with Crippen molar-refractivity contribution in [2.75, 3.05) is 19.8 Å². The summed E-state index contributed by atoms with van der Waals surface area (Å²) in [7, 11) is 0. The number of phenols is 1. The summed E-state index contributed by atoms with van der Waals surface area (Å²) in [5.41, 5.74) is 0.478. The third kappa shape index (κ3) is 4.76. The molecule has 1 fully saturated rings. The van der Waals surface area contributed by atoms with Gasteiger partial charge in [0.1, 0.15) is 0 Å². The van der Waals surface area contributed by atoms with Gasteiger partial charge in [0.2, 0.25) is 0 Å².